The molecule has 5 aromatic carbocycles. The maximum absolute atomic E-state index is 16.8. The monoisotopic (exact) mass is 979 g/mol. The number of esters is 1. The fourth-order valence-electron chi connectivity index (χ4n) is 11.0. The zero-order valence-electron chi connectivity index (χ0n) is 39.9. The van der Waals surface area contributed by atoms with Gasteiger partial charge in [0.1, 0.15) is 29.9 Å². The Hall–Kier alpha value is -8.59. The summed E-state index contributed by atoms with van der Waals surface area (Å²) < 4.78 is 12.5. The first kappa shape index (κ1) is 48.1. The first-order chi connectivity index (χ1) is 35.6. The Morgan fingerprint density at radius 2 is 1.48 bits per heavy atom. The molecule has 0 bridgehead atoms. The van der Waals surface area contributed by atoms with Gasteiger partial charge in [-0.05, 0) is 71.1 Å². The Kier molecular flexibility index (Phi) is 13.6. The zero-order chi connectivity index (χ0) is 50.6. The lowest BCUT2D eigenvalue weighted by Crippen LogP contribution is -2.59. The summed E-state index contributed by atoms with van der Waals surface area (Å²) in [6.07, 6.45) is 2.38. The number of anilines is 2. The third-order valence-electron chi connectivity index (χ3n) is 14.1. The molecule has 5 N–H and O–H groups in total. The number of rotatable bonds is 11. The largest absolute Gasteiger partial charge is 0.491 e. The molecule has 1 spiro atoms. The number of carbonyl (C=O) groups excluding carboxylic acids is 5. The van der Waals surface area contributed by atoms with Crippen molar-refractivity contribution in [3.8, 4) is 17.6 Å². The van der Waals surface area contributed by atoms with Crippen molar-refractivity contribution in [3.63, 3.8) is 0 Å². The first-order valence-corrected chi connectivity index (χ1v) is 24.2. The number of imide groups is 1. The van der Waals surface area contributed by atoms with E-state index in [1.54, 1.807) is 65.8 Å². The molecule has 3 saturated heterocycles. The second-order valence-corrected chi connectivity index (χ2v) is 18.2. The minimum absolute atomic E-state index is 0.0257. The summed E-state index contributed by atoms with van der Waals surface area (Å²) in [5, 5.41) is 15.2. The van der Waals surface area contributed by atoms with Gasteiger partial charge < -0.3 is 40.7 Å². The summed E-state index contributed by atoms with van der Waals surface area (Å²) in [5.74, 6) is 3.51. The number of aromatic nitrogens is 2. The van der Waals surface area contributed by atoms with Gasteiger partial charge in [-0.3, -0.25) is 19.3 Å². The van der Waals surface area contributed by atoms with Gasteiger partial charge in [-0.15, -0.1) is 0 Å². The van der Waals surface area contributed by atoms with Gasteiger partial charge in [0.15, 0.2) is 0 Å². The van der Waals surface area contributed by atoms with E-state index in [2.05, 4.69) is 32.4 Å². The fraction of sp³-hybridized carbons (Fsp3) is 0.268. The number of piperazine rings is 1. The summed E-state index contributed by atoms with van der Waals surface area (Å²) in [4.78, 5) is 91.3. The van der Waals surface area contributed by atoms with Crippen LogP contribution in [0.25, 0.3) is 0 Å². The standard InChI is InChI=1S/C56H53N9O8/c1-36(38-14-5-2-6-15-38)61-55(71)64-44-25-20-37(13-11-26-58-53(57)70)35-43(44)56(52(64)69)45(50(67)62-29-31-63(32-30-62)54-59-27-12-28-60-54)47-51(68)73-48(40-18-9-4-10-19-40)46(39-16-7-3-8-17-39)65(47)49(56)41-21-23-42(24-22-41)72-34-33-66/h2-10,12,14-25,27-28,35-36,45-49,66H,26,29-34H2,1H3,(H,61,71)(H3,57,58,70). The predicted octanol–water partition coefficient (Wildman–Crippen LogP) is 5.35. The average molecular weight is 980 g/mol. The minimum Gasteiger partial charge on any atom is -0.491 e. The van der Waals surface area contributed by atoms with Crippen LogP contribution in [0.15, 0.2) is 152 Å². The number of nitrogens with two attached hydrogens (primary N) is 1. The normalized spacial score (nSPS) is 22.6. The maximum Gasteiger partial charge on any atom is 0.329 e. The minimum atomic E-state index is -2.04. The molecule has 73 heavy (non-hydrogen) atoms. The number of aliphatic hydroxyl groups excluding tert-OH is 1. The molecule has 17 nitrogen and oxygen atoms in total. The topological polar surface area (TPSA) is 213 Å². The van der Waals surface area contributed by atoms with E-state index in [4.69, 9.17) is 15.2 Å². The van der Waals surface area contributed by atoms with Gasteiger partial charge in [0, 0.05) is 44.1 Å². The van der Waals surface area contributed by atoms with Crippen molar-refractivity contribution in [3.05, 3.63) is 185 Å². The number of primary amides is 1. The molecule has 0 saturated carbocycles. The van der Waals surface area contributed by atoms with Gasteiger partial charge in [0.25, 0.3) is 0 Å². The van der Waals surface area contributed by atoms with Crippen molar-refractivity contribution in [2.24, 2.45) is 11.7 Å². The van der Waals surface area contributed by atoms with Crippen LogP contribution in [0.4, 0.5) is 21.2 Å². The lowest BCUT2D eigenvalue weighted by Gasteiger charge is -2.46. The van der Waals surface area contributed by atoms with Crippen molar-refractivity contribution >= 4 is 41.5 Å². The Morgan fingerprint density at radius 1 is 0.822 bits per heavy atom. The third-order valence-corrected chi connectivity index (χ3v) is 14.1. The van der Waals surface area contributed by atoms with Crippen LogP contribution in [0, 0.1) is 17.8 Å². The van der Waals surface area contributed by atoms with Gasteiger partial charge in [-0.25, -0.2) is 24.5 Å². The van der Waals surface area contributed by atoms with E-state index in [0.717, 1.165) is 16.0 Å². The van der Waals surface area contributed by atoms with Gasteiger partial charge in [-0.1, -0.05) is 115 Å². The van der Waals surface area contributed by atoms with Crippen molar-refractivity contribution < 1.29 is 38.6 Å². The van der Waals surface area contributed by atoms with E-state index in [1.807, 2.05) is 108 Å². The number of urea groups is 2. The van der Waals surface area contributed by atoms with Crippen LogP contribution < -0.4 is 30.9 Å². The van der Waals surface area contributed by atoms with Crippen molar-refractivity contribution in [2.45, 2.75) is 42.6 Å². The number of cyclic esters (lactones) is 1. The zero-order valence-corrected chi connectivity index (χ0v) is 39.9. The van der Waals surface area contributed by atoms with Crippen LogP contribution in [0.2, 0.25) is 0 Å². The molecular weight excluding hydrogens is 927 g/mol. The molecule has 0 radical (unpaired) electrons. The second kappa shape index (κ2) is 20.6. The average Bonchev–Trinajstić information content (AvgIpc) is 3.92. The van der Waals surface area contributed by atoms with Crippen molar-refractivity contribution in [1.29, 1.82) is 0 Å². The first-order valence-electron chi connectivity index (χ1n) is 24.2. The number of hydrogen-bond donors (Lipinski definition) is 4. The second-order valence-electron chi connectivity index (χ2n) is 18.2. The smallest absolute Gasteiger partial charge is 0.329 e. The number of amides is 6. The van der Waals surface area contributed by atoms with Crippen LogP contribution >= 0.6 is 0 Å². The summed E-state index contributed by atoms with van der Waals surface area (Å²) >= 11 is 0. The number of carbonyl (C=O) groups is 5. The highest BCUT2D eigenvalue weighted by atomic mass is 16.6. The van der Waals surface area contributed by atoms with Gasteiger partial charge in [-0.2, -0.15) is 0 Å². The van der Waals surface area contributed by atoms with E-state index in [-0.39, 0.29) is 38.5 Å². The molecule has 17 heteroatoms. The molecule has 6 aromatic rings. The van der Waals surface area contributed by atoms with Gasteiger partial charge in [0.2, 0.25) is 17.8 Å². The molecule has 3 fully saturated rings. The number of nitrogens with zero attached hydrogens (tertiary/aromatic N) is 6. The quantitative estimate of drug-likeness (QED) is 0.0956. The van der Waals surface area contributed by atoms with Crippen LogP contribution in [0.5, 0.6) is 5.75 Å². The van der Waals surface area contributed by atoms with Crippen LogP contribution in [-0.2, 0) is 24.5 Å². The molecule has 4 aliphatic rings. The molecule has 10 rings (SSSR count). The van der Waals surface area contributed by atoms with Gasteiger partial charge >= 0.3 is 18.0 Å². The summed E-state index contributed by atoms with van der Waals surface area (Å²) in [6.45, 7) is 2.63. The highest BCUT2D eigenvalue weighted by Crippen LogP contribution is 2.66. The number of hydrogen-bond acceptors (Lipinski definition) is 12. The molecule has 1 aromatic heterocycles. The number of ether oxygens (including phenoxy) is 2. The number of aliphatic hydroxyl groups is 1. The number of nitrogens with one attached hydrogen (secondary N) is 2. The van der Waals surface area contributed by atoms with E-state index >= 15 is 19.2 Å². The summed E-state index contributed by atoms with van der Waals surface area (Å²) in [5.41, 5.74) is 6.98. The third kappa shape index (κ3) is 8.96. The molecule has 370 valence electrons. The molecule has 5 heterocycles. The Morgan fingerprint density at radius 3 is 2.14 bits per heavy atom. The van der Waals surface area contributed by atoms with Crippen molar-refractivity contribution in [2.75, 3.05) is 55.7 Å². The van der Waals surface area contributed by atoms with Crippen molar-refractivity contribution in [1.82, 2.24) is 30.4 Å². The SMILES string of the molecule is CC(NC(=O)N1C(=O)C2(c3cc(C#CCNC(N)=O)ccc31)C(C(=O)N1CCN(c3ncccn3)CC1)C1C(=O)OC(c3ccccc3)C(c3ccccc3)N1C2c1ccc(OCCO)cc1)c1ccccc1. The lowest BCUT2D eigenvalue weighted by atomic mass is 9.64. The molecular formula is C56H53N9O8. The van der Waals surface area contributed by atoms with Crippen LogP contribution in [0.1, 0.15) is 64.5 Å². The molecule has 7 unspecified atom stereocenters. The van der Waals surface area contributed by atoms with Crippen LogP contribution in [-0.4, -0.2) is 107 Å². The molecule has 0 aliphatic carbocycles. The Labute approximate surface area is 421 Å². The predicted molar refractivity (Wildman–Crippen MR) is 270 cm³/mol. The van der Waals surface area contributed by atoms with E-state index in [9.17, 15) is 9.90 Å². The Bertz CT molecular complexity index is 3060. The Balaban J connectivity index is 1.23. The lowest BCUT2D eigenvalue weighted by molar-refractivity contribution is -0.179. The number of morpholine rings is 1. The summed E-state index contributed by atoms with van der Waals surface area (Å²) in [6, 6.07) is 36.6. The van der Waals surface area contributed by atoms with E-state index in [0.29, 0.717) is 47.0 Å². The molecule has 7 atom stereocenters. The van der Waals surface area contributed by atoms with Gasteiger partial charge in [0.05, 0.1) is 42.9 Å². The highest BCUT2D eigenvalue weighted by Gasteiger charge is 2.76. The van der Waals surface area contributed by atoms with Crippen LogP contribution in [0.3, 0.4) is 0 Å². The van der Waals surface area contributed by atoms with E-state index < -0.39 is 71.5 Å². The summed E-state index contributed by atoms with van der Waals surface area (Å²) in [7, 11) is 0. The molecule has 6 amide bonds. The fourth-order valence-corrected chi connectivity index (χ4v) is 11.0. The molecule has 4 aliphatic heterocycles. The number of benzene rings is 5. The number of fused-ring (bicyclic) bond motifs is 3. The highest BCUT2D eigenvalue weighted by molar-refractivity contribution is 6.24. The maximum atomic E-state index is 16.8. The van der Waals surface area contributed by atoms with E-state index in [1.165, 1.54) is 0 Å².